The number of carbonyl (C=O) groups excluding carboxylic acids is 1. The van der Waals surface area contributed by atoms with E-state index in [4.69, 9.17) is 14.2 Å². The maximum atomic E-state index is 13.5. The Morgan fingerprint density at radius 2 is 1.95 bits per heavy atom. The zero-order valence-corrected chi connectivity index (χ0v) is 22.7. The van der Waals surface area contributed by atoms with Gasteiger partial charge in [-0.15, -0.1) is 0 Å². The number of aryl methyl sites for hydroxylation is 1. The Balaban J connectivity index is 1.62. The summed E-state index contributed by atoms with van der Waals surface area (Å²) in [5.74, 6) is -0.256. The predicted octanol–water partition coefficient (Wildman–Crippen LogP) is 3.61. The highest BCUT2D eigenvalue weighted by Crippen LogP contribution is 2.47. The van der Waals surface area contributed by atoms with Crippen molar-refractivity contribution in [2.45, 2.75) is 64.5 Å². The van der Waals surface area contributed by atoms with Crippen LogP contribution in [-0.4, -0.2) is 82.7 Å². The van der Waals surface area contributed by atoms with Gasteiger partial charge in [0, 0.05) is 50.5 Å². The van der Waals surface area contributed by atoms with Crippen LogP contribution in [0.15, 0.2) is 30.6 Å². The summed E-state index contributed by atoms with van der Waals surface area (Å²) in [5.41, 5.74) is 0.811. The Bertz CT molecular complexity index is 1070. The van der Waals surface area contributed by atoms with Crippen LogP contribution in [0.25, 0.3) is 0 Å². The molecule has 10 heteroatoms. The van der Waals surface area contributed by atoms with Crippen LogP contribution < -0.4 is 14.2 Å². The third kappa shape index (κ3) is 6.23. The molecule has 1 amide bonds. The summed E-state index contributed by atoms with van der Waals surface area (Å²) in [7, 11) is 1.56. The second-order valence-corrected chi connectivity index (χ2v) is 10.1. The molecule has 10 nitrogen and oxygen atoms in total. The Morgan fingerprint density at radius 1 is 1.18 bits per heavy atom. The summed E-state index contributed by atoms with van der Waals surface area (Å²) in [6, 6.07) is 5.22. The average molecular weight is 529 g/mol. The predicted molar refractivity (Wildman–Crippen MR) is 142 cm³/mol. The van der Waals surface area contributed by atoms with Gasteiger partial charge in [0.2, 0.25) is 18.4 Å². The van der Waals surface area contributed by atoms with Gasteiger partial charge in [-0.05, 0) is 43.0 Å². The standard InChI is InChI=1S/C28H40N4O6/c1-4-6-11-30(12-7-5-2)25(33)18-31-17-21(20-15-23(36-3)27-24(16-20)37-19-38-27)26(28(34)35)22(31)9-14-32-13-8-10-29-32/h8,10,13,15-16,21-22,26H,4-7,9,11-12,14,17-19H2,1-3H3,(H,34,35)/t21-,22+,26-/m1/s1. The number of likely N-dealkylation sites (tertiary alicyclic amines) is 1. The molecule has 1 saturated heterocycles. The minimum Gasteiger partial charge on any atom is -0.493 e. The lowest BCUT2D eigenvalue weighted by molar-refractivity contribution is -0.144. The van der Waals surface area contributed by atoms with Crippen molar-refractivity contribution in [3.63, 3.8) is 0 Å². The lowest BCUT2D eigenvalue weighted by Crippen LogP contribution is -2.45. The summed E-state index contributed by atoms with van der Waals surface area (Å²) in [5, 5.41) is 14.8. The van der Waals surface area contributed by atoms with Crippen molar-refractivity contribution >= 4 is 11.9 Å². The van der Waals surface area contributed by atoms with E-state index in [1.165, 1.54) is 0 Å². The highest BCUT2D eigenvalue weighted by molar-refractivity contribution is 5.79. The van der Waals surface area contributed by atoms with Crippen molar-refractivity contribution in [1.29, 1.82) is 0 Å². The number of unbranched alkanes of at least 4 members (excludes halogenated alkanes) is 2. The molecule has 3 heterocycles. The molecule has 1 N–H and O–H groups in total. The number of nitrogens with zero attached hydrogens (tertiary/aromatic N) is 4. The zero-order valence-electron chi connectivity index (χ0n) is 22.7. The van der Waals surface area contributed by atoms with Gasteiger partial charge in [-0.1, -0.05) is 26.7 Å². The van der Waals surface area contributed by atoms with Crippen molar-refractivity contribution in [3.8, 4) is 17.2 Å². The molecule has 2 aliphatic heterocycles. The molecule has 0 unspecified atom stereocenters. The summed E-state index contributed by atoms with van der Waals surface area (Å²) in [4.78, 5) is 30.3. The Kier molecular flexibility index (Phi) is 9.49. The van der Waals surface area contributed by atoms with Crippen LogP contribution in [0.5, 0.6) is 17.2 Å². The van der Waals surface area contributed by atoms with E-state index < -0.39 is 11.9 Å². The second-order valence-electron chi connectivity index (χ2n) is 10.1. The SMILES string of the molecule is CCCCN(CCCC)C(=O)CN1C[C@H](c2cc(OC)c3c(c2)OCO3)[C@@H](C(=O)O)[C@@H]1CCn1cccn1. The molecular formula is C28H40N4O6. The summed E-state index contributed by atoms with van der Waals surface area (Å²) < 4.78 is 18.5. The quantitative estimate of drug-likeness (QED) is 0.396. The van der Waals surface area contributed by atoms with Crippen LogP contribution in [0, 0.1) is 5.92 Å². The largest absolute Gasteiger partial charge is 0.493 e. The highest BCUT2D eigenvalue weighted by atomic mass is 16.7. The summed E-state index contributed by atoms with van der Waals surface area (Å²) >= 11 is 0. The summed E-state index contributed by atoms with van der Waals surface area (Å²) in [6.07, 6.45) is 8.09. The topological polar surface area (TPSA) is 106 Å². The van der Waals surface area contributed by atoms with Gasteiger partial charge < -0.3 is 24.2 Å². The smallest absolute Gasteiger partial charge is 0.308 e. The van der Waals surface area contributed by atoms with E-state index in [0.717, 1.165) is 44.3 Å². The van der Waals surface area contributed by atoms with Gasteiger partial charge in [0.1, 0.15) is 0 Å². The maximum Gasteiger partial charge on any atom is 0.308 e. The number of fused-ring (bicyclic) bond motifs is 1. The number of carboxylic acid groups (broad SMARTS) is 1. The van der Waals surface area contributed by atoms with E-state index in [9.17, 15) is 14.7 Å². The van der Waals surface area contributed by atoms with Gasteiger partial charge in [-0.25, -0.2) is 0 Å². The fourth-order valence-electron chi connectivity index (χ4n) is 5.58. The number of hydrogen-bond donors (Lipinski definition) is 1. The van der Waals surface area contributed by atoms with E-state index in [-0.39, 0.29) is 31.2 Å². The van der Waals surface area contributed by atoms with Crippen LogP contribution in [-0.2, 0) is 16.1 Å². The number of carbonyl (C=O) groups is 2. The number of benzene rings is 1. The lowest BCUT2D eigenvalue weighted by Gasteiger charge is -2.29. The minimum atomic E-state index is -0.874. The van der Waals surface area contributed by atoms with Crippen molar-refractivity contribution in [2.75, 3.05) is 40.1 Å². The van der Waals surface area contributed by atoms with Crippen LogP contribution in [0.3, 0.4) is 0 Å². The maximum absolute atomic E-state index is 13.5. The number of aromatic nitrogens is 2. The Hall–Kier alpha value is -3.27. The number of methoxy groups -OCH3 is 1. The molecule has 2 aromatic rings. The van der Waals surface area contributed by atoms with Gasteiger partial charge in [-0.2, -0.15) is 5.10 Å². The Morgan fingerprint density at radius 3 is 2.58 bits per heavy atom. The molecule has 1 aromatic heterocycles. The van der Waals surface area contributed by atoms with Gasteiger partial charge in [0.15, 0.2) is 11.5 Å². The van der Waals surface area contributed by atoms with E-state index in [0.29, 0.717) is 36.8 Å². The van der Waals surface area contributed by atoms with Crippen molar-refractivity contribution in [2.24, 2.45) is 5.92 Å². The lowest BCUT2D eigenvalue weighted by atomic mass is 9.84. The molecule has 0 bridgehead atoms. The molecule has 38 heavy (non-hydrogen) atoms. The second kappa shape index (κ2) is 13.0. The molecule has 208 valence electrons. The molecule has 4 rings (SSSR count). The number of amides is 1. The highest BCUT2D eigenvalue weighted by Gasteiger charge is 2.47. The number of ether oxygens (including phenoxy) is 3. The van der Waals surface area contributed by atoms with Gasteiger partial charge in [0.25, 0.3) is 0 Å². The van der Waals surface area contributed by atoms with E-state index in [1.54, 1.807) is 13.3 Å². The van der Waals surface area contributed by atoms with E-state index >= 15 is 0 Å². The molecule has 2 aliphatic rings. The molecule has 0 saturated carbocycles. The number of rotatable bonds is 14. The number of carboxylic acids is 1. The molecule has 0 spiro atoms. The van der Waals surface area contributed by atoms with Gasteiger partial charge in [-0.3, -0.25) is 19.2 Å². The normalized spacial score (nSPS) is 20.6. The Labute approximate surface area is 224 Å². The average Bonchev–Trinajstić information content (AvgIpc) is 3.67. The van der Waals surface area contributed by atoms with Crippen molar-refractivity contribution < 1.29 is 28.9 Å². The van der Waals surface area contributed by atoms with Crippen molar-refractivity contribution in [3.05, 3.63) is 36.2 Å². The number of aliphatic carboxylic acids is 1. The van der Waals surface area contributed by atoms with Crippen LogP contribution in [0.1, 0.15) is 57.4 Å². The fourth-order valence-corrected chi connectivity index (χ4v) is 5.58. The first kappa shape index (κ1) is 27.8. The molecular weight excluding hydrogens is 488 g/mol. The molecule has 3 atom stereocenters. The third-order valence-electron chi connectivity index (χ3n) is 7.61. The molecule has 1 fully saturated rings. The monoisotopic (exact) mass is 528 g/mol. The molecule has 0 radical (unpaired) electrons. The fraction of sp³-hybridized carbons (Fsp3) is 0.607. The zero-order chi connectivity index (χ0) is 27.1. The first-order valence-electron chi connectivity index (χ1n) is 13.7. The van der Waals surface area contributed by atoms with Gasteiger partial charge in [0.05, 0.1) is 19.6 Å². The van der Waals surface area contributed by atoms with Crippen LogP contribution in [0.2, 0.25) is 0 Å². The molecule has 1 aromatic carbocycles. The van der Waals surface area contributed by atoms with E-state index in [1.807, 2.05) is 34.0 Å². The first-order valence-corrected chi connectivity index (χ1v) is 13.7. The first-order chi connectivity index (χ1) is 18.5. The molecule has 0 aliphatic carbocycles. The van der Waals surface area contributed by atoms with E-state index in [2.05, 4.69) is 23.8 Å². The third-order valence-corrected chi connectivity index (χ3v) is 7.61. The van der Waals surface area contributed by atoms with Crippen LogP contribution >= 0.6 is 0 Å². The van der Waals surface area contributed by atoms with Crippen LogP contribution in [0.4, 0.5) is 0 Å². The summed E-state index contributed by atoms with van der Waals surface area (Å²) in [6.45, 7) is 7.01. The van der Waals surface area contributed by atoms with Gasteiger partial charge >= 0.3 is 5.97 Å². The minimum absolute atomic E-state index is 0.0593. The van der Waals surface area contributed by atoms with Crippen molar-refractivity contribution in [1.82, 2.24) is 19.6 Å². The number of hydrogen-bond acceptors (Lipinski definition) is 7.